The van der Waals surface area contributed by atoms with E-state index in [4.69, 9.17) is 5.73 Å². The van der Waals surface area contributed by atoms with Crippen molar-refractivity contribution in [2.75, 3.05) is 6.54 Å². The summed E-state index contributed by atoms with van der Waals surface area (Å²) in [6.45, 7) is 0.799. The van der Waals surface area contributed by atoms with Crippen molar-refractivity contribution in [2.45, 2.75) is 0 Å². The minimum Gasteiger partial charge on any atom is -0.366 e. The van der Waals surface area contributed by atoms with Gasteiger partial charge in [-0.2, -0.15) is 0 Å². The van der Waals surface area contributed by atoms with E-state index in [1.165, 1.54) is 0 Å². The lowest BCUT2D eigenvalue weighted by Gasteiger charge is -2.25. The highest BCUT2D eigenvalue weighted by molar-refractivity contribution is 5.95. The van der Waals surface area contributed by atoms with Crippen molar-refractivity contribution < 1.29 is 4.79 Å². The van der Waals surface area contributed by atoms with Gasteiger partial charge in [-0.1, -0.05) is 12.2 Å². The molecule has 0 aromatic rings. The van der Waals surface area contributed by atoms with Crippen LogP contribution in [-0.2, 0) is 4.79 Å². The van der Waals surface area contributed by atoms with Crippen LogP contribution in [0, 0.1) is 0 Å². The van der Waals surface area contributed by atoms with Crippen LogP contribution in [0.2, 0.25) is 0 Å². The third-order valence-electron chi connectivity index (χ3n) is 2.05. The van der Waals surface area contributed by atoms with Crippen LogP contribution < -0.4 is 5.73 Å². The first-order valence-corrected chi connectivity index (χ1v) is 4.10. The molecule has 0 spiro atoms. The van der Waals surface area contributed by atoms with Crippen molar-refractivity contribution in [1.82, 2.24) is 4.90 Å². The SMILES string of the molecule is NC(=O)C1=CN2CC=CC=C2C=C1. The van der Waals surface area contributed by atoms with Crippen LogP contribution in [0.25, 0.3) is 0 Å². The van der Waals surface area contributed by atoms with E-state index >= 15 is 0 Å². The molecule has 2 aliphatic heterocycles. The summed E-state index contributed by atoms with van der Waals surface area (Å²) in [6.07, 6.45) is 11.4. The van der Waals surface area contributed by atoms with Gasteiger partial charge in [0.05, 0.1) is 5.57 Å². The summed E-state index contributed by atoms with van der Waals surface area (Å²) in [5.74, 6) is -0.384. The van der Waals surface area contributed by atoms with Crippen molar-refractivity contribution >= 4 is 5.91 Å². The lowest BCUT2D eigenvalue weighted by molar-refractivity contribution is -0.114. The Balaban J connectivity index is 2.30. The van der Waals surface area contributed by atoms with Crippen molar-refractivity contribution in [3.63, 3.8) is 0 Å². The number of primary amides is 1. The largest absolute Gasteiger partial charge is 0.366 e. The topological polar surface area (TPSA) is 46.3 Å². The lowest BCUT2D eigenvalue weighted by Crippen LogP contribution is -2.24. The summed E-state index contributed by atoms with van der Waals surface area (Å²) in [4.78, 5) is 12.9. The van der Waals surface area contributed by atoms with Gasteiger partial charge >= 0.3 is 0 Å². The Bertz CT molecular complexity index is 361. The molecule has 13 heavy (non-hydrogen) atoms. The minimum atomic E-state index is -0.384. The van der Waals surface area contributed by atoms with E-state index in [0.717, 1.165) is 12.2 Å². The number of carbonyl (C=O) groups excluding carboxylic acids is 1. The first-order chi connectivity index (χ1) is 6.27. The van der Waals surface area contributed by atoms with Crippen LogP contribution in [-0.4, -0.2) is 17.4 Å². The van der Waals surface area contributed by atoms with Crippen LogP contribution in [0.1, 0.15) is 0 Å². The fraction of sp³-hybridized carbons (Fsp3) is 0.100. The Kier molecular flexibility index (Phi) is 1.77. The average Bonchev–Trinajstić information content (AvgIpc) is 2.17. The molecule has 3 heteroatoms. The fourth-order valence-electron chi connectivity index (χ4n) is 1.35. The fourth-order valence-corrected chi connectivity index (χ4v) is 1.35. The van der Waals surface area contributed by atoms with Gasteiger partial charge in [0.15, 0.2) is 0 Å². The minimum absolute atomic E-state index is 0.384. The number of amides is 1. The number of rotatable bonds is 1. The second-order valence-electron chi connectivity index (χ2n) is 2.95. The molecular weight excluding hydrogens is 164 g/mol. The molecule has 0 aromatic heterocycles. The van der Waals surface area contributed by atoms with Gasteiger partial charge in [0.25, 0.3) is 0 Å². The molecule has 0 saturated heterocycles. The van der Waals surface area contributed by atoms with E-state index in [0.29, 0.717) is 5.57 Å². The Morgan fingerprint density at radius 3 is 3.08 bits per heavy atom. The van der Waals surface area contributed by atoms with Gasteiger partial charge in [-0.05, 0) is 18.2 Å². The van der Waals surface area contributed by atoms with Crippen molar-refractivity contribution in [1.29, 1.82) is 0 Å². The Labute approximate surface area is 76.5 Å². The van der Waals surface area contributed by atoms with E-state index in [2.05, 4.69) is 0 Å². The zero-order valence-electron chi connectivity index (χ0n) is 7.10. The van der Waals surface area contributed by atoms with Crippen LogP contribution in [0.4, 0.5) is 0 Å². The van der Waals surface area contributed by atoms with Gasteiger partial charge in [0.1, 0.15) is 0 Å². The molecule has 1 amide bonds. The Morgan fingerprint density at radius 1 is 1.46 bits per heavy atom. The van der Waals surface area contributed by atoms with Crippen molar-refractivity contribution in [2.24, 2.45) is 5.73 Å². The Hall–Kier alpha value is -1.77. The van der Waals surface area contributed by atoms with Gasteiger partial charge in [-0.3, -0.25) is 4.79 Å². The van der Waals surface area contributed by atoms with Gasteiger partial charge in [0, 0.05) is 18.4 Å². The van der Waals surface area contributed by atoms with Gasteiger partial charge in [0.2, 0.25) is 5.91 Å². The quantitative estimate of drug-likeness (QED) is 0.635. The monoisotopic (exact) mass is 174 g/mol. The molecule has 0 unspecified atom stereocenters. The summed E-state index contributed by atoms with van der Waals surface area (Å²) < 4.78 is 0. The highest BCUT2D eigenvalue weighted by Gasteiger charge is 2.13. The molecule has 2 N–H and O–H groups in total. The zero-order valence-corrected chi connectivity index (χ0v) is 7.10. The summed E-state index contributed by atoms with van der Waals surface area (Å²) in [7, 11) is 0. The number of hydrogen-bond donors (Lipinski definition) is 1. The number of nitrogens with zero attached hydrogens (tertiary/aromatic N) is 1. The molecular formula is C10H10N2O. The molecule has 3 nitrogen and oxygen atoms in total. The van der Waals surface area contributed by atoms with E-state index in [-0.39, 0.29) is 5.91 Å². The summed E-state index contributed by atoms with van der Waals surface area (Å²) in [6, 6.07) is 0. The molecule has 0 radical (unpaired) electrons. The number of carbonyl (C=O) groups is 1. The Morgan fingerprint density at radius 2 is 2.31 bits per heavy atom. The molecule has 0 aromatic carbocycles. The third kappa shape index (κ3) is 1.40. The zero-order chi connectivity index (χ0) is 9.26. The van der Waals surface area contributed by atoms with E-state index in [9.17, 15) is 4.79 Å². The second kappa shape index (κ2) is 2.94. The molecule has 2 rings (SSSR count). The second-order valence-corrected chi connectivity index (χ2v) is 2.95. The summed E-state index contributed by atoms with van der Waals surface area (Å²) >= 11 is 0. The van der Waals surface area contributed by atoms with Crippen LogP contribution in [0.15, 0.2) is 47.9 Å². The molecule has 0 saturated carbocycles. The van der Waals surface area contributed by atoms with E-state index in [1.54, 1.807) is 12.3 Å². The van der Waals surface area contributed by atoms with E-state index < -0.39 is 0 Å². The number of nitrogens with two attached hydrogens (primary N) is 1. The molecule has 0 bridgehead atoms. The number of allylic oxidation sites excluding steroid dienone is 3. The predicted molar refractivity (Wildman–Crippen MR) is 50.3 cm³/mol. The molecule has 0 atom stereocenters. The van der Waals surface area contributed by atoms with Crippen LogP contribution in [0.5, 0.6) is 0 Å². The molecule has 2 heterocycles. The van der Waals surface area contributed by atoms with Gasteiger partial charge in [-0.25, -0.2) is 0 Å². The lowest BCUT2D eigenvalue weighted by atomic mass is 10.1. The summed E-state index contributed by atoms with van der Waals surface area (Å²) in [5.41, 5.74) is 6.81. The molecule has 0 aliphatic carbocycles. The van der Waals surface area contributed by atoms with E-state index in [1.807, 2.05) is 29.2 Å². The van der Waals surface area contributed by atoms with Gasteiger partial charge in [-0.15, -0.1) is 0 Å². The normalized spacial score (nSPS) is 19.2. The highest BCUT2D eigenvalue weighted by Crippen LogP contribution is 2.18. The average molecular weight is 174 g/mol. The van der Waals surface area contributed by atoms with Crippen LogP contribution >= 0.6 is 0 Å². The van der Waals surface area contributed by atoms with Crippen molar-refractivity contribution in [3.05, 3.63) is 47.9 Å². The third-order valence-corrected chi connectivity index (χ3v) is 2.05. The first-order valence-electron chi connectivity index (χ1n) is 4.10. The number of hydrogen-bond acceptors (Lipinski definition) is 2. The molecule has 0 fully saturated rings. The maximum absolute atomic E-state index is 10.9. The van der Waals surface area contributed by atoms with Crippen molar-refractivity contribution in [3.8, 4) is 0 Å². The van der Waals surface area contributed by atoms with Gasteiger partial charge < -0.3 is 10.6 Å². The smallest absolute Gasteiger partial charge is 0.250 e. The maximum Gasteiger partial charge on any atom is 0.250 e. The van der Waals surface area contributed by atoms with Crippen LogP contribution in [0.3, 0.4) is 0 Å². The molecule has 66 valence electrons. The predicted octanol–water partition coefficient (Wildman–Crippen LogP) is 0.681. The number of fused-ring (bicyclic) bond motifs is 1. The maximum atomic E-state index is 10.9. The molecule has 2 aliphatic rings. The first kappa shape index (κ1) is 7.86. The summed E-state index contributed by atoms with van der Waals surface area (Å²) in [5, 5.41) is 0. The standard InChI is InChI=1S/C10H10N2O/c11-10(13)8-4-5-9-3-1-2-6-12(9)7-8/h1-5,7H,6H2,(H2,11,13). The highest BCUT2D eigenvalue weighted by atomic mass is 16.1.